The van der Waals surface area contributed by atoms with E-state index in [1.54, 1.807) is 0 Å². The van der Waals surface area contributed by atoms with Crippen molar-refractivity contribution in [1.29, 1.82) is 0 Å². The normalized spacial score (nSPS) is 1.20. The first-order chi connectivity index (χ1) is 1.00. The quantitative estimate of drug-likeness (QED) is 0.334. The Morgan fingerprint density at radius 2 is 1.00 bits per heavy atom. The summed E-state index contributed by atoms with van der Waals surface area (Å²) < 4.78 is 0. The molecule has 0 rings (SSSR count). The molecule has 0 aliphatic heterocycles. The maximum Gasteiger partial charge on any atom is 2.00 e. The molecule has 0 aromatic rings. The summed E-state index contributed by atoms with van der Waals surface area (Å²) in [6, 6.07) is 0. The molecule has 0 unspecified atom stereocenters. The van der Waals surface area contributed by atoms with Gasteiger partial charge in [0, 0.05) is 0 Å². The molecule has 0 aromatic carbocycles. The van der Waals surface area contributed by atoms with Crippen LogP contribution < -0.4 is 30.5 Å². The van der Waals surface area contributed by atoms with Crippen LogP contribution in [0.15, 0.2) is 0 Å². The Balaban J connectivity index is -0.00000000167. The first-order valence-electron chi connectivity index (χ1n) is 0.577. The SMILES string of the molecule is CN.[Ca+2].[Cl-].[Cl-]. The minimum atomic E-state index is 0. The van der Waals surface area contributed by atoms with E-state index in [0.717, 1.165) is 0 Å². The molecule has 30 valence electrons. The topological polar surface area (TPSA) is 26.0 Å². The van der Waals surface area contributed by atoms with Crippen LogP contribution in [0.25, 0.3) is 0 Å². The largest absolute Gasteiger partial charge is 2.00 e. The van der Waals surface area contributed by atoms with E-state index in [1.165, 1.54) is 7.05 Å². The van der Waals surface area contributed by atoms with Gasteiger partial charge >= 0.3 is 37.7 Å². The van der Waals surface area contributed by atoms with Gasteiger partial charge in [0.25, 0.3) is 0 Å². The number of hydrogen-bond acceptors (Lipinski definition) is 1. The summed E-state index contributed by atoms with van der Waals surface area (Å²) in [6.07, 6.45) is 0. The zero-order valence-electron chi connectivity index (χ0n) is 3.04. The van der Waals surface area contributed by atoms with Crippen molar-refractivity contribution in [2.75, 3.05) is 7.05 Å². The van der Waals surface area contributed by atoms with E-state index >= 15 is 0 Å². The second-order valence-corrected chi connectivity index (χ2v) is 0. The van der Waals surface area contributed by atoms with Gasteiger partial charge in [-0.2, -0.15) is 0 Å². The van der Waals surface area contributed by atoms with Crippen LogP contribution in [0.3, 0.4) is 0 Å². The van der Waals surface area contributed by atoms with Gasteiger partial charge < -0.3 is 30.5 Å². The summed E-state index contributed by atoms with van der Waals surface area (Å²) in [5.74, 6) is 0. The van der Waals surface area contributed by atoms with Gasteiger partial charge in [-0.3, -0.25) is 0 Å². The third-order valence-electron chi connectivity index (χ3n) is 0. The second kappa shape index (κ2) is 41.3. The molecule has 2 N–H and O–H groups in total. The molecule has 0 saturated carbocycles. The first kappa shape index (κ1) is 29.2. The molecule has 0 aliphatic rings. The summed E-state index contributed by atoms with van der Waals surface area (Å²) in [4.78, 5) is 0. The average molecular weight is 142 g/mol. The molecular weight excluding hydrogens is 137 g/mol. The smallest absolute Gasteiger partial charge is 1.00 e. The summed E-state index contributed by atoms with van der Waals surface area (Å²) in [7, 11) is 1.50. The standard InChI is InChI=1S/CH5N.Ca.2ClH/c1-2;;;/h2H2,1H3;;2*1H/q;+2;;/p-2. The van der Waals surface area contributed by atoms with E-state index in [1.807, 2.05) is 0 Å². The number of halogens is 2. The fourth-order valence-corrected chi connectivity index (χ4v) is 0. The molecule has 5 heavy (non-hydrogen) atoms. The number of rotatable bonds is 0. The van der Waals surface area contributed by atoms with E-state index in [9.17, 15) is 0 Å². The van der Waals surface area contributed by atoms with Crippen molar-refractivity contribution in [2.24, 2.45) is 5.73 Å². The average Bonchev–Trinajstić information content (AvgIpc) is 1.00. The third kappa shape index (κ3) is 25.9. The van der Waals surface area contributed by atoms with Crippen LogP contribution >= 0.6 is 0 Å². The third-order valence-corrected chi connectivity index (χ3v) is 0. The summed E-state index contributed by atoms with van der Waals surface area (Å²) in [5.41, 5.74) is 4.50. The van der Waals surface area contributed by atoms with Crippen molar-refractivity contribution in [3.63, 3.8) is 0 Å². The molecule has 0 fully saturated rings. The maximum absolute atomic E-state index is 4.50. The number of hydrogen-bond donors (Lipinski definition) is 1. The Hall–Kier alpha value is 1.80. The van der Waals surface area contributed by atoms with E-state index < -0.39 is 0 Å². The minimum absolute atomic E-state index is 0. The van der Waals surface area contributed by atoms with Crippen molar-refractivity contribution in [1.82, 2.24) is 0 Å². The van der Waals surface area contributed by atoms with Crippen molar-refractivity contribution < 1.29 is 24.8 Å². The van der Waals surface area contributed by atoms with Gasteiger partial charge in [-0.1, -0.05) is 0 Å². The molecule has 0 radical (unpaired) electrons. The zero-order valence-corrected chi connectivity index (χ0v) is 6.76. The zero-order chi connectivity index (χ0) is 2.00. The Morgan fingerprint density at radius 3 is 1.00 bits per heavy atom. The van der Waals surface area contributed by atoms with Crippen LogP contribution in [-0.2, 0) is 0 Å². The number of nitrogens with two attached hydrogens (primary N) is 1. The van der Waals surface area contributed by atoms with E-state index in [-0.39, 0.29) is 62.6 Å². The van der Waals surface area contributed by atoms with Crippen molar-refractivity contribution in [2.45, 2.75) is 0 Å². The van der Waals surface area contributed by atoms with Gasteiger partial charge in [0.1, 0.15) is 0 Å². The molecule has 0 aromatic heterocycles. The fraction of sp³-hybridized carbons (Fsp3) is 1.00. The molecule has 0 spiro atoms. The fourth-order valence-electron chi connectivity index (χ4n) is 0. The monoisotopic (exact) mass is 141 g/mol. The van der Waals surface area contributed by atoms with E-state index in [0.29, 0.717) is 0 Å². The second-order valence-electron chi connectivity index (χ2n) is 0. The molecule has 0 heterocycles. The van der Waals surface area contributed by atoms with Gasteiger partial charge in [0.05, 0.1) is 0 Å². The Labute approximate surface area is 74.5 Å². The van der Waals surface area contributed by atoms with Gasteiger partial charge in [-0.15, -0.1) is 0 Å². The van der Waals surface area contributed by atoms with Crippen LogP contribution in [0.4, 0.5) is 0 Å². The Kier molecular flexibility index (Phi) is 241. The molecule has 0 amide bonds. The van der Waals surface area contributed by atoms with Gasteiger partial charge in [0.2, 0.25) is 0 Å². The first-order valence-corrected chi connectivity index (χ1v) is 0.577. The Bertz CT molecular complexity index is 9.61. The molecule has 0 bridgehead atoms. The molecule has 0 aliphatic carbocycles. The summed E-state index contributed by atoms with van der Waals surface area (Å²) in [5, 5.41) is 0. The van der Waals surface area contributed by atoms with Crippen LogP contribution in [0.2, 0.25) is 0 Å². The maximum atomic E-state index is 4.50. The molecule has 1 nitrogen and oxygen atoms in total. The predicted molar refractivity (Wildman–Crippen MR) is 15.9 cm³/mol. The minimum Gasteiger partial charge on any atom is -1.00 e. The van der Waals surface area contributed by atoms with E-state index in [2.05, 4.69) is 5.73 Å². The van der Waals surface area contributed by atoms with Gasteiger partial charge in [-0.25, -0.2) is 0 Å². The van der Waals surface area contributed by atoms with Crippen molar-refractivity contribution in [3.05, 3.63) is 0 Å². The van der Waals surface area contributed by atoms with Crippen molar-refractivity contribution >= 4 is 37.7 Å². The van der Waals surface area contributed by atoms with Crippen LogP contribution in [0.1, 0.15) is 0 Å². The summed E-state index contributed by atoms with van der Waals surface area (Å²) in [6.45, 7) is 0. The molecule has 4 heteroatoms. The predicted octanol–water partition coefficient (Wildman–Crippen LogP) is -6.80. The molecule has 0 atom stereocenters. The molecular formula is CH5CaCl2N. The van der Waals surface area contributed by atoms with Gasteiger partial charge in [-0.05, 0) is 7.05 Å². The Morgan fingerprint density at radius 1 is 1.00 bits per heavy atom. The summed E-state index contributed by atoms with van der Waals surface area (Å²) >= 11 is 0. The van der Waals surface area contributed by atoms with Crippen LogP contribution in [-0.4, -0.2) is 44.8 Å². The van der Waals surface area contributed by atoms with Crippen LogP contribution in [0, 0.1) is 0 Å². The van der Waals surface area contributed by atoms with E-state index in [4.69, 9.17) is 0 Å². The molecule has 0 saturated heterocycles. The van der Waals surface area contributed by atoms with Gasteiger partial charge in [0.15, 0.2) is 0 Å². The van der Waals surface area contributed by atoms with Crippen molar-refractivity contribution in [3.8, 4) is 0 Å². The van der Waals surface area contributed by atoms with Crippen LogP contribution in [0.5, 0.6) is 0 Å².